The molecule has 5 nitrogen and oxygen atoms in total. The minimum Gasteiger partial charge on any atom is -0.353 e. The van der Waals surface area contributed by atoms with Gasteiger partial charge in [-0.1, -0.05) is 44.4 Å². The van der Waals surface area contributed by atoms with Crippen molar-refractivity contribution in [2.75, 3.05) is 13.2 Å². The molecule has 0 spiro atoms. The van der Waals surface area contributed by atoms with Gasteiger partial charge in [0.2, 0.25) is 0 Å². The first-order chi connectivity index (χ1) is 15.2. The first-order valence-corrected chi connectivity index (χ1v) is 12.6. The van der Waals surface area contributed by atoms with Crippen molar-refractivity contribution >= 4 is 5.78 Å². The number of ketones is 1. The van der Waals surface area contributed by atoms with E-state index in [0.717, 1.165) is 64.6 Å². The van der Waals surface area contributed by atoms with Crippen molar-refractivity contribution in [3.05, 3.63) is 24.8 Å². The zero-order valence-electron chi connectivity index (χ0n) is 19.3. The van der Waals surface area contributed by atoms with E-state index in [4.69, 9.17) is 18.9 Å². The van der Waals surface area contributed by atoms with Gasteiger partial charge in [0.1, 0.15) is 5.78 Å². The van der Waals surface area contributed by atoms with E-state index in [9.17, 15) is 4.79 Å². The summed E-state index contributed by atoms with van der Waals surface area (Å²) in [6, 6.07) is 0. The van der Waals surface area contributed by atoms with E-state index < -0.39 is 0 Å². The zero-order chi connectivity index (χ0) is 21.9. The highest BCUT2D eigenvalue weighted by molar-refractivity contribution is 5.84. The Labute approximate surface area is 188 Å². The van der Waals surface area contributed by atoms with Crippen LogP contribution in [0.2, 0.25) is 0 Å². The number of unbranched alkanes of at least 4 members (excludes halogenated alkanes) is 2. The lowest BCUT2D eigenvalue weighted by atomic mass is 9.90. The quantitative estimate of drug-likeness (QED) is 0.290. The zero-order valence-corrected chi connectivity index (χ0v) is 19.3. The second-order valence-corrected chi connectivity index (χ2v) is 9.20. The second-order valence-electron chi connectivity index (χ2n) is 9.20. The highest BCUT2D eigenvalue weighted by Gasteiger charge is 2.42. The van der Waals surface area contributed by atoms with Crippen LogP contribution in [0.1, 0.15) is 84.0 Å². The van der Waals surface area contributed by atoms with Gasteiger partial charge in [-0.15, -0.1) is 6.58 Å². The first kappa shape index (κ1) is 24.6. The summed E-state index contributed by atoms with van der Waals surface area (Å²) < 4.78 is 24.2. The van der Waals surface area contributed by atoms with Gasteiger partial charge in [0.15, 0.2) is 12.6 Å². The van der Waals surface area contributed by atoms with Crippen LogP contribution in [0.25, 0.3) is 0 Å². The number of ether oxygens (including phenoxy) is 4. The third-order valence-corrected chi connectivity index (χ3v) is 6.70. The molecule has 2 saturated heterocycles. The fraction of sp³-hybridized carbons (Fsp3) is 0.808. The van der Waals surface area contributed by atoms with Gasteiger partial charge in [0.25, 0.3) is 0 Å². The van der Waals surface area contributed by atoms with Crippen LogP contribution in [0.15, 0.2) is 24.8 Å². The largest absolute Gasteiger partial charge is 0.353 e. The molecule has 3 rings (SSSR count). The van der Waals surface area contributed by atoms with Gasteiger partial charge in [0.05, 0.1) is 12.2 Å². The molecule has 1 saturated carbocycles. The molecule has 31 heavy (non-hydrogen) atoms. The molecule has 0 amide bonds. The van der Waals surface area contributed by atoms with Crippen molar-refractivity contribution < 1.29 is 23.7 Å². The Morgan fingerprint density at radius 1 is 1.10 bits per heavy atom. The summed E-state index contributed by atoms with van der Waals surface area (Å²) in [7, 11) is 0. The molecule has 5 heteroatoms. The molecule has 0 bridgehead atoms. The summed E-state index contributed by atoms with van der Waals surface area (Å²) in [5.74, 6) is 0.250. The van der Waals surface area contributed by atoms with E-state index in [0.29, 0.717) is 12.8 Å². The SMILES string of the molecule is C=CC[C@@H]1C(=O)C[C@@H](OC2CCCCO2)[C@@H]1C=C[C@H](CCCCC)OC1CCCCO1. The van der Waals surface area contributed by atoms with Crippen molar-refractivity contribution in [2.45, 2.75) is 109 Å². The van der Waals surface area contributed by atoms with Crippen molar-refractivity contribution in [2.24, 2.45) is 11.8 Å². The summed E-state index contributed by atoms with van der Waals surface area (Å²) >= 11 is 0. The van der Waals surface area contributed by atoms with Crippen molar-refractivity contribution in [1.29, 1.82) is 0 Å². The van der Waals surface area contributed by atoms with Crippen LogP contribution < -0.4 is 0 Å². The predicted octanol–water partition coefficient (Wildman–Crippen LogP) is 5.73. The van der Waals surface area contributed by atoms with Gasteiger partial charge < -0.3 is 18.9 Å². The molecule has 2 unspecified atom stereocenters. The Balaban J connectivity index is 1.67. The molecular formula is C26H42O5. The molecule has 3 fully saturated rings. The number of carbonyl (C=O) groups is 1. The van der Waals surface area contributed by atoms with Crippen molar-refractivity contribution in [3.8, 4) is 0 Å². The monoisotopic (exact) mass is 434 g/mol. The molecule has 176 valence electrons. The van der Waals surface area contributed by atoms with Crippen molar-refractivity contribution in [3.63, 3.8) is 0 Å². The molecule has 2 heterocycles. The Kier molecular flexibility index (Phi) is 10.7. The lowest BCUT2D eigenvalue weighted by molar-refractivity contribution is -0.192. The molecule has 0 aromatic heterocycles. The summed E-state index contributed by atoms with van der Waals surface area (Å²) in [4.78, 5) is 12.7. The molecule has 3 aliphatic rings. The fourth-order valence-electron chi connectivity index (χ4n) is 4.91. The van der Waals surface area contributed by atoms with Gasteiger partial charge in [-0.2, -0.15) is 0 Å². The van der Waals surface area contributed by atoms with Crippen LogP contribution in [0, 0.1) is 11.8 Å². The molecule has 6 atom stereocenters. The topological polar surface area (TPSA) is 54.0 Å². The Morgan fingerprint density at radius 3 is 2.48 bits per heavy atom. The van der Waals surface area contributed by atoms with E-state index in [1.54, 1.807) is 0 Å². The molecular weight excluding hydrogens is 392 g/mol. The number of allylic oxidation sites excluding steroid dienone is 1. The number of rotatable bonds is 12. The predicted molar refractivity (Wildman–Crippen MR) is 122 cm³/mol. The number of hydrogen-bond acceptors (Lipinski definition) is 5. The summed E-state index contributed by atoms with van der Waals surface area (Å²) in [6.07, 6.45) is 17.8. The molecule has 0 N–H and O–H groups in total. The van der Waals surface area contributed by atoms with Crippen LogP contribution in [0.3, 0.4) is 0 Å². The lowest BCUT2D eigenvalue weighted by Gasteiger charge is -2.29. The third-order valence-electron chi connectivity index (χ3n) is 6.70. The normalized spacial score (nSPS) is 33.1. The Morgan fingerprint density at radius 2 is 1.84 bits per heavy atom. The van der Waals surface area contributed by atoms with Crippen LogP contribution in [0.5, 0.6) is 0 Å². The van der Waals surface area contributed by atoms with Crippen LogP contribution in [-0.2, 0) is 23.7 Å². The number of carbonyl (C=O) groups excluding carboxylic acids is 1. The average Bonchev–Trinajstić information content (AvgIpc) is 3.07. The van der Waals surface area contributed by atoms with E-state index in [1.165, 1.54) is 12.8 Å². The first-order valence-electron chi connectivity index (χ1n) is 12.6. The minimum atomic E-state index is -0.183. The standard InChI is InChI=1S/C26H42O5/c1-3-5-6-12-20(30-25-13-7-9-17-28-25)15-16-22-21(11-4-2)23(27)19-24(22)31-26-14-8-10-18-29-26/h4,15-16,20-22,24-26H,2-3,5-14,17-19H2,1H3/t20-,21-,22+,24+,25?,26?/m0/s1. The highest BCUT2D eigenvalue weighted by Crippen LogP contribution is 2.37. The molecule has 0 aromatic rings. The van der Waals surface area contributed by atoms with Gasteiger partial charge >= 0.3 is 0 Å². The maximum atomic E-state index is 12.7. The molecule has 1 aliphatic carbocycles. The van der Waals surface area contributed by atoms with E-state index in [2.05, 4.69) is 25.7 Å². The maximum absolute atomic E-state index is 12.7. The Bertz CT molecular complexity index is 562. The summed E-state index contributed by atoms with van der Waals surface area (Å²) in [6.45, 7) is 7.62. The fourth-order valence-corrected chi connectivity index (χ4v) is 4.91. The van der Waals surface area contributed by atoms with Gasteiger partial charge in [-0.05, 0) is 51.4 Å². The van der Waals surface area contributed by atoms with E-state index in [1.807, 2.05) is 6.08 Å². The van der Waals surface area contributed by atoms with Gasteiger partial charge in [-0.3, -0.25) is 4.79 Å². The van der Waals surface area contributed by atoms with E-state index >= 15 is 0 Å². The lowest BCUT2D eigenvalue weighted by Crippen LogP contribution is -2.31. The third kappa shape index (κ3) is 7.81. The van der Waals surface area contributed by atoms with Crippen LogP contribution in [-0.4, -0.2) is 43.8 Å². The molecule has 2 aliphatic heterocycles. The summed E-state index contributed by atoms with van der Waals surface area (Å²) in [5.41, 5.74) is 0. The smallest absolute Gasteiger partial charge is 0.158 e. The molecule has 0 aromatic carbocycles. The van der Waals surface area contributed by atoms with Gasteiger partial charge in [0, 0.05) is 31.5 Å². The number of hydrogen-bond donors (Lipinski definition) is 0. The molecule has 0 radical (unpaired) electrons. The Hall–Kier alpha value is -1.01. The van der Waals surface area contributed by atoms with E-state index in [-0.39, 0.29) is 42.4 Å². The van der Waals surface area contributed by atoms with Gasteiger partial charge in [-0.25, -0.2) is 0 Å². The summed E-state index contributed by atoms with van der Waals surface area (Å²) in [5, 5.41) is 0. The van der Waals surface area contributed by atoms with Crippen LogP contribution >= 0.6 is 0 Å². The minimum absolute atomic E-state index is 0.0151. The van der Waals surface area contributed by atoms with Crippen LogP contribution in [0.4, 0.5) is 0 Å². The second kappa shape index (κ2) is 13.5. The highest BCUT2D eigenvalue weighted by atomic mass is 16.7. The number of Topliss-reactive ketones (excluding diaryl/α,β-unsaturated/α-hetero) is 1. The maximum Gasteiger partial charge on any atom is 0.158 e. The average molecular weight is 435 g/mol. The van der Waals surface area contributed by atoms with Crippen molar-refractivity contribution in [1.82, 2.24) is 0 Å².